The van der Waals surface area contributed by atoms with Crippen molar-refractivity contribution in [3.05, 3.63) is 93.5 Å². The molecule has 10 heteroatoms. The number of carbonyl (C=O) groups is 2. The van der Waals surface area contributed by atoms with E-state index in [1.807, 2.05) is 52.0 Å². The molecule has 3 aromatic rings. The van der Waals surface area contributed by atoms with E-state index < -0.39 is 28.5 Å². The van der Waals surface area contributed by atoms with Gasteiger partial charge in [0.2, 0.25) is 11.8 Å². The summed E-state index contributed by atoms with van der Waals surface area (Å²) in [5, 5.41) is 3.34. The van der Waals surface area contributed by atoms with Gasteiger partial charge in [-0.25, -0.2) is 8.42 Å². The maximum Gasteiger partial charge on any atom is 0.264 e. The molecule has 0 radical (unpaired) electrons. The summed E-state index contributed by atoms with van der Waals surface area (Å²) in [6, 6.07) is 17.7. The van der Waals surface area contributed by atoms with Crippen LogP contribution in [-0.2, 0) is 26.2 Å². The van der Waals surface area contributed by atoms with Gasteiger partial charge < -0.3 is 10.2 Å². The highest BCUT2D eigenvalue weighted by Crippen LogP contribution is 2.31. The minimum Gasteiger partial charge on any atom is -0.354 e. The molecule has 1 atom stereocenters. The van der Waals surface area contributed by atoms with E-state index in [1.165, 1.54) is 35.2 Å². The molecule has 0 saturated heterocycles. The third-order valence-electron chi connectivity index (χ3n) is 6.73. The van der Waals surface area contributed by atoms with Crippen LogP contribution in [0.2, 0.25) is 10.0 Å². The molecule has 0 bridgehead atoms. The fourth-order valence-electron chi connectivity index (χ4n) is 4.44. The van der Waals surface area contributed by atoms with Crippen LogP contribution in [0.15, 0.2) is 71.6 Å². The fourth-order valence-corrected chi connectivity index (χ4v) is 6.14. The van der Waals surface area contributed by atoms with Gasteiger partial charge in [-0.1, -0.05) is 91.0 Å². The van der Waals surface area contributed by atoms with Gasteiger partial charge in [-0.3, -0.25) is 13.9 Å². The molecule has 3 aromatic carbocycles. The number of nitrogens with zero attached hydrogens (tertiary/aromatic N) is 2. The lowest BCUT2D eigenvalue weighted by atomic mass is 10.1. The van der Waals surface area contributed by atoms with Crippen molar-refractivity contribution in [3.8, 4) is 0 Å². The van der Waals surface area contributed by atoms with E-state index in [0.717, 1.165) is 33.8 Å². The van der Waals surface area contributed by atoms with Crippen LogP contribution in [0.1, 0.15) is 49.8 Å². The standard InChI is InChI=1S/C31H37Cl2N3O4S/c1-5-7-17-34-31(38)29(6-2)35(20-24-10-8-9-23(4)18-24)30(37)21-36(25-13-16-27(32)28(33)19-25)41(39,40)26-14-11-22(3)12-15-26/h8-16,18-19,29H,5-7,17,20-21H2,1-4H3,(H,34,38). The Hall–Kier alpha value is -3.07. The molecule has 3 rings (SSSR count). The number of unbranched alkanes of at least 4 members (excludes halogenated alkanes) is 1. The normalized spacial score (nSPS) is 12.0. The third-order valence-corrected chi connectivity index (χ3v) is 9.26. The predicted octanol–water partition coefficient (Wildman–Crippen LogP) is 6.53. The molecular formula is C31H37Cl2N3O4S. The average molecular weight is 619 g/mol. The van der Waals surface area contributed by atoms with Crippen molar-refractivity contribution in [2.45, 2.75) is 64.4 Å². The third kappa shape index (κ3) is 8.47. The van der Waals surface area contributed by atoms with Gasteiger partial charge in [0.25, 0.3) is 10.0 Å². The van der Waals surface area contributed by atoms with Gasteiger partial charge in [-0.05, 0) is 62.6 Å². The zero-order valence-electron chi connectivity index (χ0n) is 23.9. The van der Waals surface area contributed by atoms with Crippen LogP contribution >= 0.6 is 23.2 Å². The second-order valence-corrected chi connectivity index (χ2v) is 12.7. The summed E-state index contributed by atoms with van der Waals surface area (Å²) in [7, 11) is -4.20. The monoisotopic (exact) mass is 617 g/mol. The van der Waals surface area contributed by atoms with E-state index in [4.69, 9.17) is 23.2 Å². The minimum absolute atomic E-state index is 0.0246. The number of benzene rings is 3. The second-order valence-electron chi connectivity index (χ2n) is 10.0. The summed E-state index contributed by atoms with van der Waals surface area (Å²) >= 11 is 12.4. The number of sulfonamides is 1. The number of hydrogen-bond donors (Lipinski definition) is 1. The molecule has 0 aliphatic carbocycles. The molecule has 1 N–H and O–H groups in total. The quantitative estimate of drug-likeness (QED) is 0.221. The number of anilines is 1. The number of amides is 2. The molecule has 2 amide bonds. The smallest absolute Gasteiger partial charge is 0.264 e. The maximum atomic E-state index is 14.1. The van der Waals surface area contributed by atoms with Gasteiger partial charge in [0, 0.05) is 13.1 Å². The lowest BCUT2D eigenvalue weighted by Gasteiger charge is -2.33. The summed E-state index contributed by atoms with van der Waals surface area (Å²) < 4.78 is 28.9. The molecule has 0 aliphatic heterocycles. The van der Waals surface area contributed by atoms with Crippen LogP contribution in [0.25, 0.3) is 0 Å². The summed E-state index contributed by atoms with van der Waals surface area (Å²) in [6.45, 7) is 7.76. The number of halogens is 2. The van der Waals surface area contributed by atoms with Crippen LogP contribution in [0, 0.1) is 13.8 Å². The minimum atomic E-state index is -4.20. The van der Waals surface area contributed by atoms with E-state index in [9.17, 15) is 18.0 Å². The lowest BCUT2D eigenvalue weighted by Crippen LogP contribution is -2.52. The van der Waals surface area contributed by atoms with Crippen molar-refractivity contribution in [1.82, 2.24) is 10.2 Å². The molecular weight excluding hydrogens is 581 g/mol. The average Bonchev–Trinajstić information content (AvgIpc) is 2.93. The fraction of sp³-hybridized carbons (Fsp3) is 0.355. The first kappa shape index (κ1) is 32.4. The maximum absolute atomic E-state index is 14.1. The first-order valence-electron chi connectivity index (χ1n) is 13.6. The molecule has 41 heavy (non-hydrogen) atoms. The highest BCUT2D eigenvalue weighted by molar-refractivity contribution is 7.92. The second kappa shape index (κ2) is 14.7. The molecule has 7 nitrogen and oxygen atoms in total. The van der Waals surface area contributed by atoms with Crippen molar-refractivity contribution >= 4 is 50.7 Å². The number of rotatable bonds is 13. The Morgan fingerprint density at radius 1 is 0.902 bits per heavy atom. The van der Waals surface area contributed by atoms with Gasteiger partial charge in [0.1, 0.15) is 12.6 Å². The number of hydrogen-bond acceptors (Lipinski definition) is 4. The van der Waals surface area contributed by atoms with Crippen LogP contribution in [0.3, 0.4) is 0 Å². The van der Waals surface area contributed by atoms with Crippen molar-refractivity contribution in [1.29, 1.82) is 0 Å². The van der Waals surface area contributed by atoms with Crippen molar-refractivity contribution in [2.75, 3.05) is 17.4 Å². The van der Waals surface area contributed by atoms with Crippen LogP contribution in [0.5, 0.6) is 0 Å². The first-order valence-corrected chi connectivity index (χ1v) is 15.8. The van der Waals surface area contributed by atoms with E-state index in [-0.39, 0.29) is 33.1 Å². The Morgan fingerprint density at radius 3 is 2.22 bits per heavy atom. The highest BCUT2D eigenvalue weighted by atomic mass is 35.5. The van der Waals surface area contributed by atoms with E-state index in [2.05, 4.69) is 5.32 Å². The van der Waals surface area contributed by atoms with Crippen LogP contribution in [0.4, 0.5) is 5.69 Å². The molecule has 1 unspecified atom stereocenters. The first-order chi connectivity index (χ1) is 19.5. The van der Waals surface area contributed by atoms with Gasteiger partial charge in [-0.2, -0.15) is 0 Å². The largest absolute Gasteiger partial charge is 0.354 e. The number of nitrogens with one attached hydrogen (secondary N) is 1. The Bertz CT molecular complexity index is 1460. The molecule has 0 saturated carbocycles. The molecule has 0 aromatic heterocycles. The van der Waals surface area contributed by atoms with Gasteiger partial charge >= 0.3 is 0 Å². The summed E-state index contributed by atoms with van der Waals surface area (Å²) in [5.41, 5.74) is 2.92. The summed E-state index contributed by atoms with van der Waals surface area (Å²) in [6.07, 6.45) is 2.08. The Morgan fingerprint density at radius 2 is 1.61 bits per heavy atom. The van der Waals surface area contributed by atoms with Crippen molar-refractivity contribution < 1.29 is 18.0 Å². The lowest BCUT2D eigenvalue weighted by molar-refractivity contribution is -0.140. The molecule has 0 spiro atoms. The van der Waals surface area contributed by atoms with E-state index in [0.29, 0.717) is 13.0 Å². The Balaban J connectivity index is 2.06. The topological polar surface area (TPSA) is 86.8 Å². The van der Waals surface area contributed by atoms with Crippen LogP contribution in [-0.4, -0.2) is 44.3 Å². The number of carbonyl (C=O) groups excluding carboxylic acids is 2. The highest BCUT2D eigenvalue weighted by Gasteiger charge is 2.33. The van der Waals surface area contributed by atoms with E-state index >= 15 is 0 Å². The number of aryl methyl sites for hydroxylation is 2. The zero-order chi connectivity index (χ0) is 30.2. The van der Waals surface area contributed by atoms with Crippen molar-refractivity contribution in [2.24, 2.45) is 0 Å². The zero-order valence-corrected chi connectivity index (χ0v) is 26.2. The molecule has 0 heterocycles. The molecule has 220 valence electrons. The molecule has 0 aliphatic rings. The molecule has 0 fully saturated rings. The predicted molar refractivity (Wildman–Crippen MR) is 166 cm³/mol. The SMILES string of the molecule is CCCCNC(=O)C(CC)N(Cc1cccc(C)c1)C(=O)CN(c1ccc(Cl)c(Cl)c1)S(=O)(=O)c1ccc(C)cc1. The summed E-state index contributed by atoms with van der Waals surface area (Å²) in [5.74, 6) is -0.796. The summed E-state index contributed by atoms with van der Waals surface area (Å²) in [4.78, 5) is 28.9. The Kier molecular flexibility index (Phi) is 11.6. The van der Waals surface area contributed by atoms with Gasteiger partial charge in [0.15, 0.2) is 0 Å². The van der Waals surface area contributed by atoms with E-state index in [1.54, 1.807) is 12.1 Å². The van der Waals surface area contributed by atoms with Gasteiger partial charge in [0.05, 0.1) is 20.6 Å². The Labute approximate surface area is 253 Å². The van der Waals surface area contributed by atoms with Crippen molar-refractivity contribution in [3.63, 3.8) is 0 Å². The van der Waals surface area contributed by atoms with Gasteiger partial charge in [-0.15, -0.1) is 0 Å². The van der Waals surface area contributed by atoms with Crippen LogP contribution < -0.4 is 9.62 Å².